The van der Waals surface area contributed by atoms with Crippen molar-refractivity contribution < 1.29 is 4.79 Å². The first-order valence-electron chi connectivity index (χ1n) is 3.94. The zero-order valence-corrected chi connectivity index (χ0v) is 8.07. The highest BCUT2D eigenvalue weighted by molar-refractivity contribution is 7.11. The zero-order chi connectivity index (χ0) is 8.97. The highest BCUT2D eigenvalue weighted by Crippen LogP contribution is 2.07. The minimum Gasteiger partial charge on any atom is -0.350 e. The van der Waals surface area contributed by atoms with Crippen molar-refractivity contribution in [2.24, 2.45) is 0 Å². The number of hydrogen-bond donors (Lipinski definition) is 1. The molecule has 1 heterocycles. The molecule has 0 unspecified atom stereocenters. The van der Waals surface area contributed by atoms with E-state index in [4.69, 9.17) is 0 Å². The summed E-state index contributed by atoms with van der Waals surface area (Å²) in [4.78, 5) is 15.3. The van der Waals surface area contributed by atoms with Crippen molar-refractivity contribution in [2.45, 2.75) is 20.3 Å². The lowest BCUT2D eigenvalue weighted by Gasteiger charge is -1.97. The number of carbonyl (C=O) groups is 1. The van der Waals surface area contributed by atoms with Gasteiger partial charge in [-0.15, -0.1) is 11.3 Å². The molecule has 0 spiro atoms. The van der Waals surface area contributed by atoms with Crippen LogP contribution < -0.4 is 5.32 Å². The highest BCUT2D eigenvalue weighted by Gasteiger charge is 2.07. The van der Waals surface area contributed by atoms with Gasteiger partial charge in [0, 0.05) is 17.6 Å². The van der Waals surface area contributed by atoms with E-state index in [1.807, 2.05) is 19.2 Å². The second-order valence-corrected chi connectivity index (χ2v) is 3.41. The Morgan fingerprint density at radius 2 is 2.50 bits per heavy atom. The fourth-order valence-corrected chi connectivity index (χ4v) is 1.48. The van der Waals surface area contributed by atoms with E-state index in [1.165, 1.54) is 11.3 Å². The molecule has 0 atom stereocenters. The van der Waals surface area contributed by atoms with Crippen LogP contribution in [-0.2, 0) is 0 Å². The average molecular weight is 184 g/mol. The molecule has 1 aromatic rings. The number of aryl methyl sites for hydroxylation is 1. The monoisotopic (exact) mass is 184 g/mol. The van der Waals surface area contributed by atoms with Gasteiger partial charge in [-0.3, -0.25) is 4.79 Å². The van der Waals surface area contributed by atoms with Gasteiger partial charge in [-0.1, -0.05) is 6.92 Å². The lowest BCUT2D eigenvalue weighted by molar-refractivity contribution is 0.0953. The molecule has 0 aromatic carbocycles. The molecule has 0 fully saturated rings. The van der Waals surface area contributed by atoms with Gasteiger partial charge in [0.25, 0.3) is 5.91 Å². The second kappa shape index (κ2) is 4.21. The quantitative estimate of drug-likeness (QED) is 0.775. The maximum atomic E-state index is 11.3. The molecule has 1 rings (SSSR count). The number of aromatic nitrogens is 1. The molecule has 3 nitrogen and oxygen atoms in total. The van der Waals surface area contributed by atoms with Crippen LogP contribution in [0.4, 0.5) is 0 Å². The van der Waals surface area contributed by atoms with Gasteiger partial charge in [0.05, 0.1) is 0 Å². The fourth-order valence-electron chi connectivity index (χ4n) is 0.772. The van der Waals surface area contributed by atoms with Crippen molar-refractivity contribution in [1.29, 1.82) is 0 Å². The van der Waals surface area contributed by atoms with Gasteiger partial charge in [0.2, 0.25) is 0 Å². The second-order valence-electron chi connectivity index (χ2n) is 2.55. The van der Waals surface area contributed by atoms with Gasteiger partial charge in [-0.2, -0.15) is 0 Å². The summed E-state index contributed by atoms with van der Waals surface area (Å²) in [5, 5.41) is 5.20. The third-order valence-corrected chi connectivity index (χ3v) is 2.31. The Labute approximate surface area is 75.8 Å². The van der Waals surface area contributed by atoms with Gasteiger partial charge in [0.1, 0.15) is 0 Å². The van der Waals surface area contributed by atoms with Gasteiger partial charge in [0.15, 0.2) is 5.01 Å². The third-order valence-electron chi connectivity index (χ3n) is 1.35. The van der Waals surface area contributed by atoms with E-state index in [-0.39, 0.29) is 5.91 Å². The molecule has 0 bridgehead atoms. The fraction of sp³-hybridized carbons (Fsp3) is 0.500. The molecule has 4 heteroatoms. The Morgan fingerprint density at radius 3 is 3.00 bits per heavy atom. The first-order valence-corrected chi connectivity index (χ1v) is 4.82. The van der Waals surface area contributed by atoms with Crippen LogP contribution in [0.25, 0.3) is 0 Å². The Balaban J connectivity index is 2.53. The summed E-state index contributed by atoms with van der Waals surface area (Å²) in [6.07, 6.45) is 0.954. The van der Waals surface area contributed by atoms with Crippen LogP contribution in [0.5, 0.6) is 0 Å². The van der Waals surface area contributed by atoms with Gasteiger partial charge >= 0.3 is 0 Å². The van der Waals surface area contributed by atoms with Crippen molar-refractivity contribution in [2.75, 3.05) is 6.54 Å². The van der Waals surface area contributed by atoms with E-state index >= 15 is 0 Å². The summed E-state index contributed by atoms with van der Waals surface area (Å²) < 4.78 is 0. The molecule has 1 amide bonds. The number of thiazole rings is 1. The van der Waals surface area contributed by atoms with Crippen molar-refractivity contribution in [3.8, 4) is 0 Å². The summed E-state index contributed by atoms with van der Waals surface area (Å²) >= 11 is 1.38. The number of hydrogen-bond acceptors (Lipinski definition) is 3. The van der Waals surface area contributed by atoms with E-state index in [2.05, 4.69) is 10.3 Å². The SMILES string of the molecule is CCCNC(=O)c1nc(C)cs1. The summed E-state index contributed by atoms with van der Waals surface area (Å²) in [5.74, 6) is -0.0602. The molecular formula is C8H12N2OS. The van der Waals surface area contributed by atoms with Crippen molar-refractivity contribution >= 4 is 17.2 Å². The molecule has 1 N–H and O–H groups in total. The largest absolute Gasteiger partial charge is 0.350 e. The van der Waals surface area contributed by atoms with E-state index in [0.29, 0.717) is 5.01 Å². The molecule has 0 radical (unpaired) electrons. The smallest absolute Gasteiger partial charge is 0.280 e. The maximum Gasteiger partial charge on any atom is 0.280 e. The molecule has 0 aliphatic heterocycles. The predicted molar refractivity (Wildman–Crippen MR) is 49.5 cm³/mol. The zero-order valence-electron chi connectivity index (χ0n) is 7.26. The third kappa shape index (κ3) is 2.30. The van der Waals surface area contributed by atoms with Crippen LogP contribution >= 0.6 is 11.3 Å². The summed E-state index contributed by atoms with van der Waals surface area (Å²) in [6, 6.07) is 0. The number of nitrogens with one attached hydrogen (secondary N) is 1. The van der Waals surface area contributed by atoms with Gasteiger partial charge < -0.3 is 5.32 Å². The minimum atomic E-state index is -0.0602. The molecule has 0 saturated heterocycles. The van der Waals surface area contributed by atoms with Crippen LogP contribution in [0.1, 0.15) is 28.8 Å². The minimum absolute atomic E-state index is 0.0602. The highest BCUT2D eigenvalue weighted by atomic mass is 32.1. The van der Waals surface area contributed by atoms with E-state index in [0.717, 1.165) is 18.7 Å². The predicted octanol–water partition coefficient (Wildman–Crippen LogP) is 1.59. The molecule has 0 saturated carbocycles. The van der Waals surface area contributed by atoms with Gasteiger partial charge in [-0.25, -0.2) is 4.98 Å². The molecular weight excluding hydrogens is 172 g/mol. The molecule has 0 aliphatic carbocycles. The lowest BCUT2D eigenvalue weighted by Crippen LogP contribution is -2.23. The lowest BCUT2D eigenvalue weighted by atomic mass is 10.4. The van der Waals surface area contributed by atoms with Crippen LogP contribution in [0, 0.1) is 6.92 Å². The maximum absolute atomic E-state index is 11.3. The van der Waals surface area contributed by atoms with Crippen LogP contribution in [-0.4, -0.2) is 17.4 Å². The van der Waals surface area contributed by atoms with Crippen LogP contribution in [0.15, 0.2) is 5.38 Å². The Hall–Kier alpha value is -0.900. The van der Waals surface area contributed by atoms with Crippen LogP contribution in [0.3, 0.4) is 0 Å². The van der Waals surface area contributed by atoms with Crippen molar-refractivity contribution in [3.63, 3.8) is 0 Å². The van der Waals surface area contributed by atoms with E-state index in [1.54, 1.807) is 0 Å². The molecule has 0 aliphatic rings. The number of carbonyl (C=O) groups excluding carboxylic acids is 1. The molecule has 66 valence electrons. The van der Waals surface area contributed by atoms with Crippen molar-refractivity contribution in [1.82, 2.24) is 10.3 Å². The van der Waals surface area contributed by atoms with Gasteiger partial charge in [-0.05, 0) is 13.3 Å². The first kappa shape index (κ1) is 9.19. The number of nitrogens with zero attached hydrogens (tertiary/aromatic N) is 1. The Bertz CT molecular complexity index is 270. The van der Waals surface area contributed by atoms with Crippen LogP contribution in [0.2, 0.25) is 0 Å². The van der Waals surface area contributed by atoms with E-state index in [9.17, 15) is 4.79 Å². The summed E-state index contributed by atoms with van der Waals surface area (Å²) in [7, 11) is 0. The Morgan fingerprint density at radius 1 is 1.75 bits per heavy atom. The number of amides is 1. The summed E-state index contributed by atoms with van der Waals surface area (Å²) in [6.45, 7) is 4.62. The average Bonchev–Trinajstić information content (AvgIpc) is 2.47. The standard InChI is InChI=1S/C8H12N2OS/c1-3-4-9-7(11)8-10-6(2)5-12-8/h5H,3-4H2,1-2H3,(H,9,11). The first-order chi connectivity index (χ1) is 5.74. The molecule has 1 aromatic heterocycles. The molecule has 12 heavy (non-hydrogen) atoms. The Kier molecular flexibility index (Phi) is 3.22. The normalized spacial score (nSPS) is 9.83. The van der Waals surface area contributed by atoms with Crippen molar-refractivity contribution in [3.05, 3.63) is 16.1 Å². The topological polar surface area (TPSA) is 42.0 Å². The van der Waals surface area contributed by atoms with E-state index < -0.39 is 0 Å². The number of rotatable bonds is 3. The summed E-state index contributed by atoms with van der Waals surface area (Å²) in [5.41, 5.74) is 0.904.